The van der Waals surface area contributed by atoms with Gasteiger partial charge < -0.3 is 10.2 Å². The Bertz CT molecular complexity index is 76.2. The molecule has 82 valence electrons. The van der Waals surface area contributed by atoms with E-state index >= 15 is 0 Å². The van der Waals surface area contributed by atoms with Crippen molar-refractivity contribution in [3.8, 4) is 0 Å². The van der Waals surface area contributed by atoms with E-state index in [0.717, 1.165) is 6.04 Å². The first kappa shape index (κ1) is 15.4. The Balaban J connectivity index is 0. The minimum Gasteiger partial charge on any atom is -0.317 e. The first-order valence-corrected chi connectivity index (χ1v) is 5.68. The van der Waals surface area contributed by atoms with E-state index in [2.05, 4.69) is 24.3 Å². The van der Waals surface area contributed by atoms with Crippen LogP contribution >= 0.6 is 0 Å². The van der Waals surface area contributed by atoms with Crippen LogP contribution < -0.4 is 5.32 Å². The van der Waals surface area contributed by atoms with Gasteiger partial charge >= 0.3 is 0 Å². The molecule has 1 aliphatic rings. The summed E-state index contributed by atoms with van der Waals surface area (Å²) in [6.07, 6.45) is 2.62. The summed E-state index contributed by atoms with van der Waals surface area (Å²) in [6.45, 7) is 10.5. The second kappa shape index (κ2) is 11.9. The second-order valence-electron chi connectivity index (χ2n) is 2.87. The summed E-state index contributed by atoms with van der Waals surface area (Å²) in [4.78, 5) is 2.38. The highest BCUT2D eigenvalue weighted by molar-refractivity contribution is 4.73. The van der Waals surface area contributed by atoms with Gasteiger partial charge in [0.2, 0.25) is 0 Å². The third-order valence-corrected chi connectivity index (χ3v) is 2.13. The molecular formula is C11H28N2. The number of nitrogens with one attached hydrogen (secondary N) is 1. The average Bonchev–Trinajstić information content (AvgIpc) is 2.25. The molecule has 1 aliphatic heterocycles. The Morgan fingerprint density at radius 1 is 1.00 bits per heavy atom. The van der Waals surface area contributed by atoms with Gasteiger partial charge in [0, 0.05) is 6.04 Å². The minimum atomic E-state index is 0.779. The molecule has 2 nitrogen and oxygen atoms in total. The van der Waals surface area contributed by atoms with Gasteiger partial charge in [0.1, 0.15) is 0 Å². The van der Waals surface area contributed by atoms with Crippen molar-refractivity contribution >= 4 is 0 Å². The lowest BCUT2D eigenvalue weighted by molar-refractivity contribution is 0.240. The molecule has 0 radical (unpaired) electrons. The lowest BCUT2D eigenvalue weighted by Crippen LogP contribution is -2.39. The summed E-state index contributed by atoms with van der Waals surface area (Å²) in [7, 11) is 4.24. The number of hydrogen-bond acceptors (Lipinski definition) is 2. The van der Waals surface area contributed by atoms with Crippen LogP contribution in [-0.4, -0.2) is 38.1 Å². The predicted molar refractivity (Wildman–Crippen MR) is 62.3 cm³/mol. The summed E-state index contributed by atoms with van der Waals surface area (Å²) >= 11 is 0. The third kappa shape index (κ3) is 8.26. The van der Waals surface area contributed by atoms with E-state index in [1.165, 1.54) is 25.9 Å². The molecule has 0 aliphatic carbocycles. The lowest BCUT2D eigenvalue weighted by atomic mass is 10.1. The molecule has 0 unspecified atom stereocenters. The molecule has 0 spiro atoms. The van der Waals surface area contributed by atoms with Crippen molar-refractivity contribution in [2.45, 2.75) is 46.6 Å². The monoisotopic (exact) mass is 188 g/mol. The standard InChI is InChI=1S/C7H16N2.2C2H6/c1-8-7-3-5-9(2)6-4-7;2*1-2/h7-8H,3-6H2,1-2H3;2*1-2H3. The Morgan fingerprint density at radius 2 is 1.38 bits per heavy atom. The maximum absolute atomic E-state index is 3.30. The lowest BCUT2D eigenvalue weighted by Gasteiger charge is -2.28. The van der Waals surface area contributed by atoms with Crippen molar-refractivity contribution in [1.82, 2.24) is 10.2 Å². The molecule has 0 atom stereocenters. The largest absolute Gasteiger partial charge is 0.317 e. The fourth-order valence-corrected chi connectivity index (χ4v) is 1.30. The first-order valence-electron chi connectivity index (χ1n) is 5.68. The van der Waals surface area contributed by atoms with E-state index in [1.807, 2.05) is 27.7 Å². The Kier molecular flexibility index (Phi) is 14.1. The molecule has 0 aromatic heterocycles. The maximum atomic E-state index is 3.30. The highest BCUT2D eigenvalue weighted by Crippen LogP contribution is 2.06. The Labute approximate surface area is 84.7 Å². The first-order chi connectivity index (χ1) is 6.33. The molecule has 1 saturated heterocycles. The zero-order valence-corrected chi connectivity index (χ0v) is 10.4. The van der Waals surface area contributed by atoms with Gasteiger partial charge in [0.15, 0.2) is 0 Å². The fourth-order valence-electron chi connectivity index (χ4n) is 1.30. The van der Waals surface area contributed by atoms with Crippen molar-refractivity contribution in [3.05, 3.63) is 0 Å². The van der Waals surface area contributed by atoms with Gasteiger partial charge in [-0.25, -0.2) is 0 Å². The van der Waals surface area contributed by atoms with Gasteiger partial charge in [-0.2, -0.15) is 0 Å². The van der Waals surface area contributed by atoms with Gasteiger partial charge in [-0.3, -0.25) is 0 Å². The summed E-state index contributed by atoms with van der Waals surface area (Å²) in [6, 6.07) is 0.779. The van der Waals surface area contributed by atoms with Crippen molar-refractivity contribution < 1.29 is 0 Å². The molecule has 1 heterocycles. The summed E-state index contributed by atoms with van der Waals surface area (Å²) in [5.74, 6) is 0. The van der Waals surface area contributed by atoms with E-state index in [0.29, 0.717) is 0 Å². The van der Waals surface area contributed by atoms with E-state index in [1.54, 1.807) is 0 Å². The topological polar surface area (TPSA) is 15.3 Å². The molecule has 0 bridgehead atoms. The zero-order valence-electron chi connectivity index (χ0n) is 10.4. The number of piperidine rings is 1. The molecule has 0 aromatic rings. The van der Waals surface area contributed by atoms with Gasteiger partial charge in [0.25, 0.3) is 0 Å². The number of hydrogen-bond donors (Lipinski definition) is 1. The average molecular weight is 188 g/mol. The van der Waals surface area contributed by atoms with Crippen LogP contribution in [0.3, 0.4) is 0 Å². The van der Waals surface area contributed by atoms with Crippen LogP contribution in [-0.2, 0) is 0 Å². The Morgan fingerprint density at radius 3 is 1.69 bits per heavy atom. The molecule has 1 N–H and O–H groups in total. The minimum absolute atomic E-state index is 0.779. The normalized spacial score (nSPS) is 18.0. The highest BCUT2D eigenvalue weighted by Gasteiger charge is 2.13. The SMILES string of the molecule is CC.CC.CNC1CCN(C)CC1. The van der Waals surface area contributed by atoms with E-state index in [9.17, 15) is 0 Å². The van der Waals surface area contributed by atoms with Crippen molar-refractivity contribution in [2.24, 2.45) is 0 Å². The zero-order chi connectivity index (χ0) is 10.7. The molecule has 1 fully saturated rings. The van der Waals surface area contributed by atoms with Crippen molar-refractivity contribution in [3.63, 3.8) is 0 Å². The van der Waals surface area contributed by atoms with Crippen LogP contribution in [0.4, 0.5) is 0 Å². The van der Waals surface area contributed by atoms with Crippen molar-refractivity contribution in [1.29, 1.82) is 0 Å². The molecule has 0 amide bonds. The summed E-state index contributed by atoms with van der Waals surface area (Å²) < 4.78 is 0. The predicted octanol–water partition coefficient (Wildman–Crippen LogP) is 2.35. The smallest absolute Gasteiger partial charge is 0.00884 e. The fraction of sp³-hybridized carbons (Fsp3) is 1.00. The van der Waals surface area contributed by atoms with Crippen LogP contribution in [0.2, 0.25) is 0 Å². The highest BCUT2D eigenvalue weighted by atomic mass is 15.1. The van der Waals surface area contributed by atoms with Crippen LogP contribution in [0, 0.1) is 0 Å². The van der Waals surface area contributed by atoms with Gasteiger partial charge in [-0.15, -0.1) is 0 Å². The molecule has 2 heteroatoms. The maximum Gasteiger partial charge on any atom is 0.00884 e. The van der Waals surface area contributed by atoms with Crippen LogP contribution in [0.1, 0.15) is 40.5 Å². The van der Waals surface area contributed by atoms with E-state index in [4.69, 9.17) is 0 Å². The second-order valence-corrected chi connectivity index (χ2v) is 2.87. The van der Waals surface area contributed by atoms with Crippen molar-refractivity contribution in [2.75, 3.05) is 27.2 Å². The summed E-state index contributed by atoms with van der Waals surface area (Å²) in [5.41, 5.74) is 0. The molecule has 0 saturated carbocycles. The third-order valence-electron chi connectivity index (χ3n) is 2.13. The molecule has 13 heavy (non-hydrogen) atoms. The van der Waals surface area contributed by atoms with Gasteiger partial charge in [0.05, 0.1) is 0 Å². The number of rotatable bonds is 1. The number of likely N-dealkylation sites (tertiary alicyclic amines) is 1. The van der Waals surface area contributed by atoms with Gasteiger partial charge in [-0.1, -0.05) is 27.7 Å². The van der Waals surface area contributed by atoms with Crippen LogP contribution in [0.25, 0.3) is 0 Å². The Hall–Kier alpha value is -0.0800. The van der Waals surface area contributed by atoms with Crippen LogP contribution in [0.5, 0.6) is 0 Å². The number of nitrogens with zero attached hydrogens (tertiary/aromatic N) is 1. The van der Waals surface area contributed by atoms with E-state index < -0.39 is 0 Å². The van der Waals surface area contributed by atoms with Crippen LogP contribution in [0.15, 0.2) is 0 Å². The molecule has 0 aromatic carbocycles. The molecule has 1 rings (SSSR count). The molecular weight excluding hydrogens is 160 g/mol. The van der Waals surface area contributed by atoms with E-state index in [-0.39, 0.29) is 0 Å². The summed E-state index contributed by atoms with van der Waals surface area (Å²) in [5, 5.41) is 3.30. The quantitative estimate of drug-likeness (QED) is 0.679. The van der Waals surface area contributed by atoms with Gasteiger partial charge in [-0.05, 0) is 40.0 Å².